The number of ether oxygens (including phenoxy) is 2. The lowest BCUT2D eigenvalue weighted by Gasteiger charge is -2.24. The van der Waals surface area contributed by atoms with E-state index >= 15 is 0 Å². The number of H-pyrrole nitrogens is 1. The van der Waals surface area contributed by atoms with Gasteiger partial charge in [0, 0.05) is 11.8 Å². The molecule has 0 aliphatic carbocycles. The van der Waals surface area contributed by atoms with Crippen LogP contribution in [-0.4, -0.2) is 57.6 Å². The van der Waals surface area contributed by atoms with Gasteiger partial charge < -0.3 is 23.9 Å². The van der Waals surface area contributed by atoms with Crippen LogP contribution >= 0.6 is 7.75 Å². The summed E-state index contributed by atoms with van der Waals surface area (Å²) in [5, 5.41) is 13.2. The van der Waals surface area contributed by atoms with Gasteiger partial charge in [-0.1, -0.05) is 18.2 Å². The van der Waals surface area contributed by atoms with Crippen LogP contribution in [0, 0.1) is 13.5 Å². The highest BCUT2D eigenvalue weighted by molar-refractivity contribution is 7.52. The Morgan fingerprint density at radius 3 is 2.65 bits per heavy atom. The van der Waals surface area contributed by atoms with E-state index < -0.39 is 68.1 Å². The van der Waals surface area contributed by atoms with Gasteiger partial charge in [0.2, 0.25) is 6.23 Å². The number of carbonyl (C=O) groups excluding carboxylic acids is 1. The standard InChI is InChI=1S/C23H29N4O9P/c1-13(2)34-22(30)15(4)26-37(32,36-16-9-7-6-8-10-16)33-12-17-19(28)18(24-5)21(35-17)27-11-14(3)20(29)25-23(27)31/h6-11,13,15,17-19,21,28H,12H2,1-4H3,(H,26,32)(H,25,29,31)/t15-,17-,18+,19?,21-,37-/m0/s1/i12D2. The summed E-state index contributed by atoms with van der Waals surface area (Å²) in [6.07, 6.45) is -4.72. The molecule has 3 rings (SSSR count). The van der Waals surface area contributed by atoms with Crippen molar-refractivity contribution in [1.82, 2.24) is 14.6 Å². The van der Waals surface area contributed by atoms with Gasteiger partial charge in [-0.3, -0.25) is 23.7 Å². The number of para-hydroxylation sites is 1. The summed E-state index contributed by atoms with van der Waals surface area (Å²) in [5.74, 6) is -0.808. The molecule has 1 saturated heterocycles. The van der Waals surface area contributed by atoms with E-state index in [0.717, 1.165) is 10.8 Å². The van der Waals surface area contributed by atoms with Gasteiger partial charge in [0.1, 0.15) is 17.9 Å². The Morgan fingerprint density at radius 2 is 2.03 bits per heavy atom. The first-order chi connectivity index (χ1) is 18.2. The van der Waals surface area contributed by atoms with E-state index in [1.807, 2.05) is 0 Å². The van der Waals surface area contributed by atoms with Gasteiger partial charge in [0.05, 0.1) is 15.4 Å². The fraction of sp³-hybridized carbons (Fsp3) is 0.478. The second kappa shape index (κ2) is 11.9. The lowest BCUT2D eigenvalue weighted by atomic mass is 10.1. The number of aromatic nitrogens is 2. The van der Waals surface area contributed by atoms with Crippen molar-refractivity contribution in [2.24, 2.45) is 0 Å². The summed E-state index contributed by atoms with van der Waals surface area (Å²) < 4.78 is 53.0. The summed E-state index contributed by atoms with van der Waals surface area (Å²) in [6.45, 7) is 10.3. The highest BCUT2D eigenvalue weighted by Crippen LogP contribution is 2.46. The van der Waals surface area contributed by atoms with Crippen LogP contribution in [0.25, 0.3) is 4.85 Å². The molecule has 0 radical (unpaired) electrons. The predicted molar refractivity (Wildman–Crippen MR) is 131 cm³/mol. The van der Waals surface area contributed by atoms with Gasteiger partial charge in [-0.05, 0) is 39.8 Å². The maximum absolute atomic E-state index is 13.8. The number of hydrogen-bond donors (Lipinski definition) is 3. The molecule has 0 spiro atoms. The third-order valence-electron chi connectivity index (χ3n) is 5.12. The average molecular weight is 538 g/mol. The molecule has 2 heterocycles. The van der Waals surface area contributed by atoms with Gasteiger partial charge in [0.25, 0.3) is 11.6 Å². The summed E-state index contributed by atoms with van der Waals surface area (Å²) in [4.78, 5) is 41.8. The quantitative estimate of drug-likeness (QED) is 0.230. The maximum atomic E-state index is 13.8. The lowest BCUT2D eigenvalue weighted by molar-refractivity contribution is -0.149. The molecule has 1 aromatic heterocycles. The van der Waals surface area contributed by atoms with Crippen LogP contribution in [0.3, 0.4) is 0 Å². The second-order valence-electron chi connectivity index (χ2n) is 8.48. The number of nitrogens with one attached hydrogen (secondary N) is 2. The Morgan fingerprint density at radius 1 is 1.35 bits per heavy atom. The van der Waals surface area contributed by atoms with Gasteiger partial charge >= 0.3 is 19.4 Å². The van der Waals surface area contributed by atoms with E-state index in [4.69, 9.17) is 27.8 Å². The number of rotatable bonds is 10. The minimum absolute atomic E-state index is 0.00799. The SMILES string of the molecule is [2H]C([2H])(O[P@@](=O)(N[C@@H](C)C(=O)OC(C)C)Oc1ccccc1)[C@@H]1O[C@H](n2cc(C)c(=O)[nH]c2=O)[C@H]([N+]#[C-])C1O. The van der Waals surface area contributed by atoms with E-state index in [9.17, 15) is 24.1 Å². The van der Waals surface area contributed by atoms with E-state index in [0.29, 0.717) is 0 Å². The molecule has 1 aliphatic heterocycles. The number of aromatic amines is 1. The van der Waals surface area contributed by atoms with Crippen molar-refractivity contribution in [3.63, 3.8) is 0 Å². The molecule has 0 bridgehead atoms. The molecule has 37 heavy (non-hydrogen) atoms. The molecule has 14 heteroatoms. The van der Waals surface area contributed by atoms with Crippen LogP contribution in [0.5, 0.6) is 5.75 Å². The summed E-state index contributed by atoms with van der Waals surface area (Å²) in [7, 11) is -4.75. The number of carbonyl (C=O) groups is 1. The third-order valence-corrected chi connectivity index (χ3v) is 6.62. The molecule has 0 saturated carbocycles. The molecule has 1 aromatic carbocycles. The van der Waals surface area contributed by atoms with E-state index in [1.165, 1.54) is 26.0 Å². The molecule has 1 aliphatic rings. The van der Waals surface area contributed by atoms with Crippen molar-refractivity contribution >= 4 is 13.7 Å². The molecule has 6 atom stereocenters. The normalized spacial score (nSPS) is 24.9. The maximum Gasteiger partial charge on any atom is 0.459 e. The van der Waals surface area contributed by atoms with Crippen LogP contribution in [-0.2, 0) is 23.4 Å². The minimum Gasteiger partial charge on any atom is -0.462 e. The first-order valence-electron chi connectivity index (χ1n) is 12.2. The van der Waals surface area contributed by atoms with E-state index in [2.05, 4.69) is 14.9 Å². The molecule has 1 fully saturated rings. The Balaban J connectivity index is 1.94. The molecule has 13 nitrogen and oxygen atoms in total. The summed E-state index contributed by atoms with van der Waals surface area (Å²) in [6, 6.07) is 4.83. The number of aliphatic hydroxyl groups excluding tert-OH is 1. The number of nitrogens with zero attached hydrogens (tertiary/aromatic N) is 2. The first-order valence-corrected chi connectivity index (χ1v) is 12.8. The number of aryl methyl sites for hydroxylation is 1. The van der Waals surface area contributed by atoms with Crippen molar-refractivity contribution in [2.75, 3.05) is 6.56 Å². The predicted octanol–water partition coefficient (Wildman–Crippen LogP) is 1.52. The zero-order valence-corrected chi connectivity index (χ0v) is 21.4. The Bertz CT molecular complexity index is 1390. The van der Waals surface area contributed by atoms with Crippen molar-refractivity contribution in [3.8, 4) is 5.75 Å². The van der Waals surface area contributed by atoms with Crippen molar-refractivity contribution in [3.05, 3.63) is 74.3 Å². The van der Waals surface area contributed by atoms with Crippen molar-refractivity contribution in [2.45, 2.75) is 64.3 Å². The van der Waals surface area contributed by atoms with Gasteiger partial charge in [-0.15, -0.1) is 0 Å². The van der Waals surface area contributed by atoms with Gasteiger partial charge in [-0.2, -0.15) is 5.09 Å². The highest BCUT2D eigenvalue weighted by atomic mass is 31.2. The summed E-state index contributed by atoms with van der Waals surface area (Å²) in [5.41, 5.74) is -1.51. The van der Waals surface area contributed by atoms with Gasteiger partial charge in [-0.25, -0.2) is 15.9 Å². The summed E-state index contributed by atoms with van der Waals surface area (Å²) >= 11 is 0. The monoisotopic (exact) mass is 538 g/mol. The lowest BCUT2D eigenvalue weighted by Crippen LogP contribution is -2.38. The van der Waals surface area contributed by atoms with Crippen molar-refractivity contribution < 1.29 is 35.7 Å². The molecular weight excluding hydrogens is 507 g/mol. The second-order valence-corrected chi connectivity index (χ2v) is 10.1. The highest BCUT2D eigenvalue weighted by Gasteiger charge is 2.51. The Labute approximate surface area is 215 Å². The minimum atomic E-state index is -4.75. The molecular formula is C23H29N4O9P. The van der Waals surface area contributed by atoms with Gasteiger partial charge in [0.15, 0.2) is 6.10 Å². The van der Waals surface area contributed by atoms with Crippen LogP contribution in [0.15, 0.2) is 46.1 Å². The number of benzene rings is 1. The van der Waals surface area contributed by atoms with Crippen LogP contribution in [0.4, 0.5) is 0 Å². The fourth-order valence-corrected chi connectivity index (χ4v) is 4.70. The smallest absolute Gasteiger partial charge is 0.459 e. The third kappa shape index (κ3) is 6.94. The van der Waals surface area contributed by atoms with E-state index in [1.54, 1.807) is 32.0 Å². The molecule has 2 aromatic rings. The largest absolute Gasteiger partial charge is 0.462 e. The van der Waals surface area contributed by atoms with E-state index in [-0.39, 0.29) is 11.3 Å². The Kier molecular flexibility index (Phi) is 8.13. The van der Waals surface area contributed by atoms with Crippen LogP contribution in [0.1, 0.15) is 35.3 Å². The fourth-order valence-electron chi connectivity index (χ4n) is 3.34. The molecule has 3 N–H and O–H groups in total. The Hall–Kier alpha value is -3.27. The average Bonchev–Trinajstić information content (AvgIpc) is 3.17. The molecule has 0 amide bonds. The zero-order chi connectivity index (χ0) is 29.1. The topological polar surface area (TPSA) is 163 Å². The number of hydrogen-bond acceptors (Lipinski definition) is 9. The van der Waals surface area contributed by atoms with Crippen molar-refractivity contribution in [1.29, 1.82) is 0 Å². The van der Waals surface area contributed by atoms with Crippen LogP contribution in [0.2, 0.25) is 0 Å². The zero-order valence-electron chi connectivity index (χ0n) is 22.5. The molecule has 1 unspecified atom stereocenters. The molecule has 200 valence electrons. The number of esters is 1. The number of aliphatic hydroxyl groups is 1. The van der Waals surface area contributed by atoms with Crippen LogP contribution < -0.4 is 20.9 Å². The first kappa shape index (κ1) is 25.4.